The molecule has 1 fully saturated rings. The second-order valence-corrected chi connectivity index (χ2v) is 5.15. The molecule has 19 heavy (non-hydrogen) atoms. The molecule has 102 valence electrons. The maximum absolute atomic E-state index is 5.08. The Hall–Kier alpha value is -1.69. The number of aromatic nitrogens is 4. The summed E-state index contributed by atoms with van der Waals surface area (Å²) >= 11 is 0. The molecule has 3 rings (SSSR count). The zero-order valence-corrected chi connectivity index (χ0v) is 11.3. The van der Waals surface area contributed by atoms with Crippen LogP contribution in [-0.4, -0.2) is 39.6 Å². The molecule has 1 aliphatic rings. The normalized spacial score (nSPS) is 16.7. The van der Waals surface area contributed by atoms with Gasteiger partial charge in [0.05, 0.1) is 0 Å². The lowest BCUT2D eigenvalue weighted by atomic mass is 10.2. The molecule has 1 unspecified atom stereocenters. The van der Waals surface area contributed by atoms with Crippen molar-refractivity contribution >= 4 is 11.5 Å². The van der Waals surface area contributed by atoms with E-state index in [0.29, 0.717) is 12.0 Å². The summed E-state index contributed by atoms with van der Waals surface area (Å²) in [6.07, 6.45) is 3.35. The minimum atomic E-state index is 0.325. The van der Waals surface area contributed by atoms with Gasteiger partial charge in [-0.2, -0.15) is 4.52 Å². The SMILES string of the molecule is COCCC(C)Nc1ccc2nnc(C3CC3)n2n1. The van der Waals surface area contributed by atoms with E-state index >= 15 is 0 Å². The summed E-state index contributed by atoms with van der Waals surface area (Å²) in [5.41, 5.74) is 0.817. The molecule has 1 atom stereocenters. The van der Waals surface area contributed by atoms with Gasteiger partial charge in [-0.3, -0.25) is 0 Å². The molecular weight excluding hydrogens is 242 g/mol. The molecule has 0 aromatic carbocycles. The zero-order chi connectivity index (χ0) is 13.2. The van der Waals surface area contributed by atoms with E-state index in [1.165, 1.54) is 12.8 Å². The first kappa shape index (κ1) is 12.3. The highest BCUT2D eigenvalue weighted by Gasteiger charge is 2.29. The summed E-state index contributed by atoms with van der Waals surface area (Å²) in [6.45, 7) is 2.87. The summed E-state index contributed by atoms with van der Waals surface area (Å²) in [4.78, 5) is 0. The Morgan fingerprint density at radius 2 is 2.26 bits per heavy atom. The van der Waals surface area contributed by atoms with Gasteiger partial charge in [0.1, 0.15) is 5.82 Å². The van der Waals surface area contributed by atoms with E-state index in [1.54, 1.807) is 7.11 Å². The van der Waals surface area contributed by atoms with Gasteiger partial charge in [0.25, 0.3) is 0 Å². The van der Waals surface area contributed by atoms with Crippen LogP contribution in [0.5, 0.6) is 0 Å². The number of ether oxygens (including phenoxy) is 1. The lowest BCUT2D eigenvalue weighted by molar-refractivity contribution is 0.191. The van der Waals surface area contributed by atoms with E-state index in [-0.39, 0.29) is 0 Å². The lowest BCUT2D eigenvalue weighted by Crippen LogP contribution is -2.18. The van der Waals surface area contributed by atoms with Crippen LogP contribution in [-0.2, 0) is 4.74 Å². The molecule has 2 aromatic heterocycles. The first-order valence-electron chi connectivity index (χ1n) is 6.76. The Balaban J connectivity index is 1.78. The average molecular weight is 261 g/mol. The Kier molecular flexibility index (Phi) is 3.33. The van der Waals surface area contributed by atoms with Crippen molar-refractivity contribution < 1.29 is 4.74 Å². The van der Waals surface area contributed by atoms with Crippen LogP contribution in [0.25, 0.3) is 5.65 Å². The summed E-state index contributed by atoms with van der Waals surface area (Å²) in [5.74, 6) is 2.39. The van der Waals surface area contributed by atoms with E-state index in [2.05, 4.69) is 27.5 Å². The van der Waals surface area contributed by atoms with E-state index in [4.69, 9.17) is 4.74 Å². The molecule has 6 nitrogen and oxygen atoms in total. The molecule has 0 aliphatic heterocycles. The van der Waals surface area contributed by atoms with Crippen LogP contribution in [0.4, 0.5) is 5.82 Å². The van der Waals surface area contributed by atoms with Crippen molar-refractivity contribution in [1.29, 1.82) is 0 Å². The predicted molar refractivity (Wildman–Crippen MR) is 72.3 cm³/mol. The molecule has 1 saturated carbocycles. The molecule has 0 amide bonds. The summed E-state index contributed by atoms with van der Waals surface area (Å²) in [6, 6.07) is 4.23. The second kappa shape index (κ2) is 5.13. The van der Waals surface area contributed by atoms with Gasteiger partial charge in [0.15, 0.2) is 11.5 Å². The van der Waals surface area contributed by atoms with Crippen LogP contribution in [0.15, 0.2) is 12.1 Å². The molecule has 2 aromatic rings. The van der Waals surface area contributed by atoms with Gasteiger partial charge >= 0.3 is 0 Å². The first-order valence-corrected chi connectivity index (χ1v) is 6.76. The largest absolute Gasteiger partial charge is 0.385 e. The summed E-state index contributed by atoms with van der Waals surface area (Å²) in [7, 11) is 1.72. The highest BCUT2D eigenvalue weighted by molar-refractivity contribution is 5.44. The molecule has 2 heterocycles. The van der Waals surface area contributed by atoms with Crippen molar-refractivity contribution in [2.75, 3.05) is 19.0 Å². The highest BCUT2D eigenvalue weighted by Crippen LogP contribution is 2.38. The molecular formula is C13H19N5O. The minimum absolute atomic E-state index is 0.325. The van der Waals surface area contributed by atoms with Gasteiger partial charge in [-0.15, -0.1) is 15.3 Å². The Morgan fingerprint density at radius 3 is 3.00 bits per heavy atom. The predicted octanol–water partition coefficient (Wildman–Crippen LogP) is 1.84. The molecule has 1 aliphatic carbocycles. The number of nitrogens with one attached hydrogen (secondary N) is 1. The fraction of sp³-hybridized carbons (Fsp3) is 0.615. The van der Waals surface area contributed by atoms with Crippen LogP contribution in [0.1, 0.15) is 37.9 Å². The number of anilines is 1. The highest BCUT2D eigenvalue weighted by atomic mass is 16.5. The van der Waals surface area contributed by atoms with E-state index in [1.807, 2.05) is 16.6 Å². The van der Waals surface area contributed by atoms with E-state index in [0.717, 1.165) is 30.3 Å². The second-order valence-electron chi connectivity index (χ2n) is 5.15. The van der Waals surface area contributed by atoms with Crippen LogP contribution in [0, 0.1) is 0 Å². The quantitative estimate of drug-likeness (QED) is 0.859. The van der Waals surface area contributed by atoms with Gasteiger partial charge in [0, 0.05) is 25.7 Å². The summed E-state index contributed by atoms with van der Waals surface area (Å²) in [5, 5.41) is 16.3. The number of rotatable bonds is 6. The van der Waals surface area contributed by atoms with Crippen molar-refractivity contribution in [3.05, 3.63) is 18.0 Å². The fourth-order valence-electron chi connectivity index (χ4n) is 2.10. The third kappa shape index (κ3) is 2.68. The summed E-state index contributed by atoms with van der Waals surface area (Å²) < 4.78 is 6.95. The Morgan fingerprint density at radius 1 is 1.42 bits per heavy atom. The molecule has 0 saturated heterocycles. The van der Waals surface area contributed by atoms with Gasteiger partial charge in [-0.25, -0.2) is 0 Å². The molecule has 0 radical (unpaired) electrons. The first-order chi connectivity index (χ1) is 9.28. The van der Waals surface area contributed by atoms with Gasteiger partial charge in [-0.1, -0.05) is 0 Å². The molecule has 0 bridgehead atoms. The standard InChI is InChI=1S/C13H19N5O/c1-9(7-8-19-2)14-11-5-6-12-15-16-13(10-3-4-10)18(12)17-11/h5-6,9-10H,3-4,7-8H2,1-2H3,(H,14,17). The third-order valence-electron chi connectivity index (χ3n) is 3.38. The number of hydrogen-bond donors (Lipinski definition) is 1. The van der Waals surface area contributed by atoms with Crippen LogP contribution < -0.4 is 5.32 Å². The smallest absolute Gasteiger partial charge is 0.178 e. The minimum Gasteiger partial charge on any atom is -0.385 e. The van der Waals surface area contributed by atoms with Crippen molar-refractivity contribution in [1.82, 2.24) is 19.8 Å². The van der Waals surface area contributed by atoms with Crippen LogP contribution in [0.3, 0.4) is 0 Å². The Bertz CT molecular complexity index is 563. The van der Waals surface area contributed by atoms with Crippen molar-refractivity contribution in [2.45, 2.75) is 38.1 Å². The number of hydrogen-bond acceptors (Lipinski definition) is 5. The third-order valence-corrected chi connectivity index (χ3v) is 3.38. The molecule has 1 N–H and O–H groups in total. The lowest BCUT2D eigenvalue weighted by Gasteiger charge is -2.13. The Labute approximate surface area is 112 Å². The van der Waals surface area contributed by atoms with Crippen molar-refractivity contribution in [2.24, 2.45) is 0 Å². The van der Waals surface area contributed by atoms with Gasteiger partial charge in [-0.05, 0) is 38.3 Å². The van der Waals surface area contributed by atoms with Crippen molar-refractivity contribution in [3.63, 3.8) is 0 Å². The maximum atomic E-state index is 5.08. The van der Waals surface area contributed by atoms with Gasteiger partial charge in [0.2, 0.25) is 0 Å². The topological polar surface area (TPSA) is 64.3 Å². The van der Waals surface area contributed by atoms with E-state index < -0.39 is 0 Å². The zero-order valence-electron chi connectivity index (χ0n) is 11.3. The maximum Gasteiger partial charge on any atom is 0.178 e. The van der Waals surface area contributed by atoms with E-state index in [9.17, 15) is 0 Å². The molecule has 0 spiro atoms. The van der Waals surface area contributed by atoms with Crippen LogP contribution >= 0.6 is 0 Å². The fourth-order valence-corrected chi connectivity index (χ4v) is 2.10. The number of methoxy groups -OCH3 is 1. The number of fused-ring (bicyclic) bond motifs is 1. The van der Waals surface area contributed by atoms with Crippen molar-refractivity contribution in [3.8, 4) is 0 Å². The molecule has 6 heteroatoms. The van der Waals surface area contributed by atoms with Crippen LogP contribution in [0.2, 0.25) is 0 Å². The average Bonchev–Trinajstić information content (AvgIpc) is 3.17. The monoisotopic (exact) mass is 261 g/mol. The number of nitrogens with zero attached hydrogens (tertiary/aromatic N) is 4. The van der Waals surface area contributed by atoms with Gasteiger partial charge < -0.3 is 10.1 Å².